The first-order valence-electron chi connectivity index (χ1n) is 9.24. The summed E-state index contributed by atoms with van der Waals surface area (Å²) in [6, 6.07) is 8.22. The minimum atomic E-state index is -3.44. The molecule has 1 amide bonds. The highest BCUT2D eigenvalue weighted by molar-refractivity contribution is 7.91. The quantitative estimate of drug-likeness (QED) is 0.810. The van der Waals surface area contributed by atoms with Gasteiger partial charge in [0.1, 0.15) is 0 Å². The van der Waals surface area contributed by atoms with Gasteiger partial charge in [0.05, 0.1) is 22.9 Å². The molecule has 6 nitrogen and oxygen atoms in total. The van der Waals surface area contributed by atoms with Gasteiger partial charge in [-0.25, -0.2) is 8.42 Å². The minimum Gasteiger partial charge on any atom is -0.392 e. The molecule has 0 unspecified atom stereocenters. The van der Waals surface area contributed by atoms with Gasteiger partial charge in [-0.2, -0.15) is 0 Å². The number of piperidine rings is 1. The molecule has 0 bridgehead atoms. The maximum absolute atomic E-state index is 12.4. The summed E-state index contributed by atoms with van der Waals surface area (Å²) < 4.78 is 30.4. The molecule has 1 saturated carbocycles. The van der Waals surface area contributed by atoms with Crippen molar-refractivity contribution in [1.82, 2.24) is 4.90 Å². The number of rotatable bonds is 6. The second-order valence-electron chi connectivity index (χ2n) is 7.19. The normalized spacial score (nSPS) is 25.1. The molecule has 2 aliphatic rings. The number of ether oxygens (including phenoxy) is 1. The fourth-order valence-corrected chi connectivity index (χ4v) is 5.37. The molecule has 7 heteroatoms. The van der Waals surface area contributed by atoms with Crippen LogP contribution < -0.4 is 0 Å². The van der Waals surface area contributed by atoms with Gasteiger partial charge in [0.2, 0.25) is 5.91 Å². The zero-order chi connectivity index (χ0) is 18.8. The molecule has 1 aromatic carbocycles. The Morgan fingerprint density at radius 1 is 1.27 bits per heavy atom. The second-order valence-corrected chi connectivity index (χ2v) is 9.30. The number of nitrogens with zero attached hydrogens (tertiary/aromatic N) is 1. The number of benzene rings is 1. The van der Waals surface area contributed by atoms with E-state index in [0.717, 1.165) is 0 Å². The third-order valence-electron chi connectivity index (χ3n) is 5.84. The van der Waals surface area contributed by atoms with Crippen LogP contribution in [0.5, 0.6) is 0 Å². The zero-order valence-electron chi connectivity index (χ0n) is 15.1. The number of aliphatic hydroxyl groups is 1. The molecule has 2 fully saturated rings. The van der Waals surface area contributed by atoms with Crippen molar-refractivity contribution in [2.45, 2.75) is 49.7 Å². The van der Waals surface area contributed by atoms with Crippen molar-refractivity contribution in [2.24, 2.45) is 5.41 Å². The van der Waals surface area contributed by atoms with E-state index in [1.807, 2.05) is 6.92 Å². The van der Waals surface area contributed by atoms with Crippen LogP contribution in [0.15, 0.2) is 35.2 Å². The van der Waals surface area contributed by atoms with Gasteiger partial charge in [0.15, 0.2) is 9.84 Å². The summed E-state index contributed by atoms with van der Waals surface area (Å²) in [6.07, 6.45) is 1.76. The Labute approximate surface area is 155 Å². The first-order chi connectivity index (χ1) is 12.4. The molecular weight excluding hydrogens is 354 g/mol. The van der Waals surface area contributed by atoms with E-state index in [-0.39, 0.29) is 40.6 Å². The molecular formula is C19H27NO5S. The largest absolute Gasteiger partial charge is 0.392 e. The number of aliphatic hydroxyl groups excluding tert-OH is 1. The lowest BCUT2D eigenvalue weighted by molar-refractivity contribution is -0.210. The van der Waals surface area contributed by atoms with Gasteiger partial charge in [0, 0.05) is 38.0 Å². The molecule has 1 heterocycles. The fraction of sp³-hybridized carbons (Fsp3) is 0.632. The third kappa shape index (κ3) is 3.66. The van der Waals surface area contributed by atoms with E-state index in [1.54, 1.807) is 35.2 Å². The Kier molecular flexibility index (Phi) is 5.69. The van der Waals surface area contributed by atoms with E-state index in [2.05, 4.69) is 0 Å². The van der Waals surface area contributed by atoms with Crippen LogP contribution in [0.4, 0.5) is 0 Å². The predicted octanol–water partition coefficient (Wildman–Crippen LogP) is 1.63. The van der Waals surface area contributed by atoms with Crippen molar-refractivity contribution in [3.63, 3.8) is 0 Å². The highest BCUT2D eigenvalue weighted by Crippen LogP contribution is 2.50. The number of amides is 1. The molecule has 2 atom stereocenters. The van der Waals surface area contributed by atoms with Gasteiger partial charge in [-0.3, -0.25) is 4.79 Å². The molecule has 0 aromatic heterocycles. The Balaban J connectivity index is 1.53. The lowest BCUT2D eigenvalue weighted by atomic mass is 9.58. The molecule has 3 rings (SSSR count). The number of hydrogen-bond donors (Lipinski definition) is 1. The van der Waals surface area contributed by atoms with Crippen molar-refractivity contribution >= 4 is 15.7 Å². The summed E-state index contributed by atoms with van der Waals surface area (Å²) in [5, 5.41) is 10.2. The number of carbonyl (C=O) groups is 1. The van der Waals surface area contributed by atoms with Gasteiger partial charge in [-0.1, -0.05) is 18.2 Å². The van der Waals surface area contributed by atoms with Crippen LogP contribution in [0.1, 0.15) is 32.6 Å². The van der Waals surface area contributed by atoms with Gasteiger partial charge in [-0.15, -0.1) is 0 Å². The lowest BCUT2D eigenvalue weighted by Crippen LogP contribution is -2.62. The predicted molar refractivity (Wildman–Crippen MR) is 97.4 cm³/mol. The summed E-state index contributed by atoms with van der Waals surface area (Å²) in [7, 11) is -3.44. The standard InChI is InChI=1S/C19H27NO5S/c1-2-25-17-14-16(21)19(17)9-11-20(12-10-19)18(22)8-13-26(23,24)15-6-4-3-5-7-15/h3-7,16-17,21H,2,8-14H2,1H3/t16-,17+/m0/s1. The molecule has 1 aromatic rings. The average molecular weight is 381 g/mol. The maximum Gasteiger partial charge on any atom is 0.223 e. The number of likely N-dealkylation sites (tertiary alicyclic amines) is 1. The highest BCUT2D eigenvalue weighted by atomic mass is 32.2. The Morgan fingerprint density at radius 2 is 1.92 bits per heavy atom. The van der Waals surface area contributed by atoms with Crippen LogP contribution in [0, 0.1) is 5.41 Å². The summed E-state index contributed by atoms with van der Waals surface area (Å²) in [4.78, 5) is 14.4. The van der Waals surface area contributed by atoms with E-state index in [1.165, 1.54) is 0 Å². The van der Waals surface area contributed by atoms with Crippen LogP contribution in [0.25, 0.3) is 0 Å². The highest BCUT2D eigenvalue weighted by Gasteiger charge is 2.56. The van der Waals surface area contributed by atoms with Crippen molar-refractivity contribution in [3.05, 3.63) is 30.3 Å². The van der Waals surface area contributed by atoms with Gasteiger partial charge in [-0.05, 0) is 31.9 Å². The van der Waals surface area contributed by atoms with Gasteiger partial charge in [0.25, 0.3) is 0 Å². The van der Waals surface area contributed by atoms with Crippen LogP contribution in [0.2, 0.25) is 0 Å². The van der Waals surface area contributed by atoms with Crippen molar-refractivity contribution < 1.29 is 23.1 Å². The summed E-state index contributed by atoms with van der Waals surface area (Å²) in [6.45, 7) is 3.67. The van der Waals surface area contributed by atoms with E-state index in [9.17, 15) is 18.3 Å². The van der Waals surface area contributed by atoms with E-state index in [0.29, 0.717) is 39.0 Å². The van der Waals surface area contributed by atoms with Crippen molar-refractivity contribution in [2.75, 3.05) is 25.4 Å². The molecule has 1 spiro atoms. The molecule has 0 radical (unpaired) electrons. The molecule has 144 valence electrons. The SMILES string of the molecule is CCO[C@@H]1C[C@H](O)C12CCN(C(=O)CCS(=O)(=O)c1ccccc1)CC2. The first kappa shape index (κ1) is 19.3. The van der Waals surface area contributed by atoms with Crippen LogP contribution in [-0.2, 0) is 19.4 Å². The van der Waals surface area contributed by atoms with E-state index in [4.69, 9.17) is 4.74 Å². The second kappa shape index (κ2) is 7.66. The van der Waals surface area contributed by atoms with E-state index >= 15 is 0 Å². The Morgan fingerprint density at radius 3 is 2.50 bits per heavy atom. The maximum atomic E-state index is 12.4. The van der Waals surface area contributed by atoms with Crippen LogP contribution in [0.3, 0.4) is 0 Å². The topological polar surface area (TPSA) is 83.9 Å². The van der Waals surface area contributed by atoms with Gasteiger partial charge >= 0.3 is 0 Å². The Hall–Kier alpha value is -1.44. The van der Waals surface area contributed by atoms with Crippen molar-refractivity contribution in [1.29, 1.82) is 0 Å². The monoisotopic (exact) mass is 381 g/mol. The van der Waals surface area contributed by atoms with Gasteiger partial charge < -0.3 is 14.7 Å². The van der Waals surface area contributed by atoms with Crippen LogP contribution >= 0.6 is 0 Å². The number of hydrogen-bond acceptors (Lipinski definition) is 5. The van der Waals surface area contributed by atoms with E-state index < -0.39 is 9.84 Å². The summed E-state index contributed by atoms with van der Waals surface area (Å²) in [5.41, 5.74) is -0.233. The first-order valence-corrected chi connectivity index (χ1v) is 10.9. The van der Waals surface area contributed by atoms with Crippen LogP contribution in [-0.4, -0.2) is 62.0 Å². The Bertz CT molecular complexity index is 724. The number of carbonyl (C=O) groups excluding carboxylic acids is 1. The fourth-order valence-electron chi connectivity index (χ4n) is 4.11. The summed E-state index contributed by atoms with van der Waals surface area (Å²) in [5.74, 6) is -0.317. The number of sulfone groups is 1. The smallest absolute Gasteiger partial charge is 0.223 e. The minimum absolute atomic E-state index is 0.0122. The van der Waals surface area contributed by atoms with Crippen molar-refractivity contribution in [3.8, 4) is 0 Å². The molecule has 1 aliphatic heterocycles. The molecule has 1 aliphatic carbocycles. The zero-order valence-corrected chi connectivity index (χ0v) is 16.0. The molecule has 26 heavy (non-hydrogen) atoms. The third-order valence-corrected chi connectivity index (χ3v) is 7.58. The summed E-state index contributed by atoms with van der Waals surface area (Å²) >= 11 is 0. The molecule has 1 saturated heterocycles. The lowest BCUT2D eigenvalue weighted by Gasteiger charge is -2.56. The average Bonchev–Trinajstić information content (AvgIpc) is 2.67. The molecule has 1 N–H and O–H groups in total.